The fourth-order valence-electron chi connectivity index (χ4n) is 2.84. The lowest BCUT2D eigenvalue weighted by Crippen LogP contribution is -2.29. The molecule has 4 heterocycles. The van der Waals surface area contributed by atoms with Gasteiger partial charge in [0.05, 0.1) is 17.3 Å². The maximum atomic E-state index is 13.0. The Balaban J connectivity index is 1.81. The van der Waals surface area contributed by atoms with E-state index in [-0.39, 0.29) is 17.9 Å². The first-order valence-corrected chi connectivity index (χ1v) is 8.38. The van der Waals surface area contributed by atoms with Gasteiger partial charge in [-0.05, 0) is 36.8 Å². The van der Waals surface area contributed by atoms with Gasteiger partial charge in [-0.3, -0.25) is 14.2 Å². The summed E-state index contributed by atoms with van der Waals surface area (Å²) < 4.78 is 15.8. The second kappa shape index (κ2) is 6.69. The van der Waals surface area contributed by atoms with Crippen LogP contribution in [0.1, 0.15) is 12.6 Å². The van der Waals surface area contributed by atoms with Crippen LogP contribution in [0.2, 0.25) is 0 Å². The largest absolute Gasteiger partial charge is 0.309 e. The minimum atomic E-state index is -0.510. The Morgan fingerprint density at radius 2 is 2.11 bits per heavy atom. The van der Waals surface area contributed by atoms with Crippen molar-refractivity contribution in [3.63, 3.8) is 0 Å². The lowest BCUT2D eigenvalue weighted by Gasteiger charge is -2.10. The molecule has 0 radical (unpaired) electrons. The van der Waals surface area contributed by atoms with Gasteiger partial charge in [0.25, 0.3) is 5.56 Å². The molecule has 140 valence electrons. The highest BCUT2D eigenvalue weighted by molar-refractivity contribution is 5.90. The average molecular weight is 378 g/mol. The third-order valence-electron chi connectivity index (χ3n) is 4.16. The van der Waals surface area contributed by atoms with Crippen LogP contribution in [0, 0.1) is 5.82 Å². The minimum absolute atomic E-state index is 0.189. The number of rotatable bonds is 4. The molecular formula is C19H15FN6O2. The summed E-state index contributed by atoms with van der Waals surface area (Å²) in [5.41, 5.74) is 1.74. The summed E-state index contributed by atoms with van der Waals surface area (Å²) in [6.45, 7) is 5.40. The Morgan fingerprint density at radius 1 is 1.29 bits per heavy atom. The van der Waals surface area contributed by atoms with Crippen LogP contribution in [-0.2, 0) is 11.3 Å². The molecule has 0 bridgehead atoms. The number of pyridine rings is 2. The monoisotopic (exact) mass is 378 g/mol. The van der Waals surface area contributed by atoms with Gasteiger partial charge in [-0.1, -0.05) is 6.58 Å². The van der Waals surface area contributed by atoms with E-state index in [4.69, 9.17) is 0 Å². The molecule has 0 spiro atoms. The molecule has 0 saturated carbocycles. The highest BCUT2D eigenvalue weighted by Crippen LogP contribution is 2.17. The molecule has 0 aliphatic heterocycles. The van der Waals surface area contributed by atoms with Gasteiger partial charge in [0.15, 0.2) is 5.65 Å². The van der Waals surface area contributed by atoms with E-state index in [0.717, 1.165) is 6.20 Å². The van der Waals surface area contributed by atoms with Crippen LogP contribution in [0.25, 0.3) is 22.3 Å². The van der Waals surface area contributed by atoms with Gasteiger partial charge >= 0.3 is 0 Å². The first-order valence-electron chi connectivity index (χ1n) is 8.38. The summed E-state index contributed by atoms with van der Waals surface area (Å²) in [6.07, 6.45) is 2.57. The van der Waals surface area contributed by atoms with Crippen molar-refractivity contribution in [2.24, 2.45) is 0 Å². The van der Waals surface area contributed by atoms with Crippen LogP contribution in [-0.4, -0.2) is 30.1 Å². The smallest absolute Gasteiger partial charge is 0.263 e. The van der Waals surface area contributed by atoms with Crippen LogP contribution in [0.3, 0.4) is 0 Å². The summed E-state index contributed by atoms with van der Waals surface area (Å²) in [7, 11) is 0. The first kappa shape index (κ1) is 17.5. The molecule has 1 N–H and O–H groups in total. The molecule has 0 atom stereocenters. The van der Waals surface area contributed by atoms with Crippen LogP contribution in [0.5, 0.6) is 0 Å². The van der Waals surface area contributed by atoms with Crippen molar-refractivity contribution in [1.82, 2.24) is 24.1 Å². The number of hydrogen-bond donors (Lipinski definition) is 1. The van der Waals surface area contributed by atoms with Gasteiger partial charge in [-0.25, -0.2) is 14.4 Å². The Labute approximate surface area is 158 Å². The van der Waals surface area contributed by atoms with Gasteiger partial charge in [0.2, 0.25) is 5.91 Å². The van der Waals surface area contributed by atoms with Gasteiger partial charge in [-0.15, -0.1) is 0 Å². The number of fused-ring (bicyclic) bond motifs is 3. The second-order valence-corrected chi connectivity index (χ2v) is 6.26. The molecule has 4 aromatic heterocycles. The SMILES string of the molecule is C=C(C)c1cc2n(CC(=O)Nc3ccc(F)cn3)c(=O)c3cccnc3n2n1. The number of carbonyl (C=O) groups is 1. The lowest BCUT2D eigenvalue weighted by molar-refractivity contribution is -0.116. The van der Waals surface area contributed by atoms with E-state index in [9.17, 15) is 14.0 Å². The van der Waals surface area contributed by atoms with E-state index in [1.165, 1.54) is 21.2 Å². The van der Waals surface area contributed by atoms with E-state index in [2.05, 4.69) is 27.0 Å². The van der Waals surface area contributed by atoms with Crippen molar-refractivity contribution >= 4 is 34.0 Å². The third-order valence-corrected chi connectivity index (χ3v) is 4.16. The van der Waals surface area contributed by atoms with Crippen molar-refractivity contribution in [3.8, 4) is 0 Å². The first-order chi connectivity index (χ1) is 13.4. The molecule has 4 rings (SSSR count). The average Bonchev–Trinajstić information content (AvgIpc) is 3.13. The summed E-state index contributed by atoms with van der Waals surface area (Å²) in [5, 5.41) is 7.33. The molecule has 0 aliphatic carbocycles. The number of aromatic nitrogens is 5. The number of allylic oxidation sites excluding steroid dienone is 1. The van der Waals surface area contributed by atoms with E-state index in [1.807, 2.05) is 0 Å². The van der Waals surface area contributed by atoms with Crippen molar-refractivity contribution in [1.29, 1.82) is 0 Å². The number of amides is 1. The third kappa shape index (κ3) is 3.02. The summed E-state index contributed by atoms with van der Waals surface area (Å²) in [5.74, 6) is -0.803. The van der Waals surface area contributed by atoms with Gasteiger partial charge in [0, 0.05) is 12.3 Å². The predicted molar refractivity (Wildman–Crippen MR) is 102 cm³/mol. The Kier molecular flexibility index (Phi) is 4.19. The van der Waals surface area contributed by atoms with Gasteiger partial charge in [0.1, 0.15) is 23.8 Å². The number of hydrogen-bond acceptors (Lipinski definition) is 5. The molecule has 28 heavy (non-hydrogen) atoms. The maximum absolute atomic E-state index is 13.0. The van der Waals surface area contributed by atoms with E-state index in [0.29, 0.717) is 27.9 Å². The summed E-state index contributed by atoms with van der Waals surface area (Å²) in [4.78, 5) is 33.5. The highest BCUT2D eigenvalue weighted by Gasteiger charge is 2.17. The minimum Gasteiger partial charge on any atom is -0.309 e. The number of anilines is 1. The fraction of sp³-hybridized carbons (Fsp3) is 0.105. The standard InChI is InChI=1S/C19H15FN6O2/c1-11(2)14-8-17-25(10-16(27)23-15-6-5-12(20)9-22-15)19(28)13-4-3-7-21-18(13)26(17)24-14/h3-9H,1,10H2,2H3,(H,22,23,27). The van der Waals surface area contributed by atoms with Gasteiger partial charge < -0.3 is 5.32 Å². The lowest BCUT2D eigenvalue weighted by atomic mass is 10.2. The van der Waals surface area contributed by atoms with Crippen molar-refractivity contribution in [3.05, 3.63) is 71.2 Å². The quantitative estimate of drug-likeness (QED) is 0.588. The molecule has 0 aromatic carbocycles. The normalized spacial score (nSPS) is 11.1. The molecule has 0 aliphatic rings. The highest BCUT2D eigenvalue weighted by atomic mass is 19.1. The molecular weight excluding hydrogens is 363 g/mol. The molecule has 0 unspecified atom stereocenters. The predicted octanol–water partition coefficient (Wildman–Crippen LogP) is 2.25. The fourth-order valence-corrected chi connectivity index (χ4v) is 2.84. The van der Waals surface area contributed by atoms with Gasteiger partial charge in [-0.2, -0.15) is 9.61 Å². The van der Waals surface area contributed by atoms with Crippen molar-refractivity contribution in [2.75, 3.05) is 5.32 Å². The number of nitrogens with one attached hydrogen (secondary N) is 1. The van der Waals surface area contributed by atoms with Crippen LogP contribution < -0.4 is 10.9 Å². The van der Waals surface area contributed by atoms with Crippen molar-refractivity contribution in [2.45, 2.75) is 13.5 Å². The van der Waals surface area contributed by atoms with E-state index < -0.39 is 11.7 Å². The van der Waals surface area contributed by atoms with Crippen molar-refractivity contribution < 1.29 is 9.18 Å². The molecule has 0 saturated heterocycles. The van der Waals surface area contributed by atoms with Crippen LogP contribution >= 0.6 is 0 Å². The Hall–Kier alpha value is -3.88. The zero-order valence-electron chi connectivity index (χ0n) is 14.9. The topological polar surface area (TPSA) is 94.2 Å². The summed E-state index contributed by atoms with van der Waals surface area (Å²) in [6, 6.07) is 7.48. The summed E-state index contributed by atoms with van der Waals surface area (Å²) >= 11 is 0. The molecule has 1 amide bonds. The number of halogens is 1. The zero-order chi connectivity index (χ0) is 19.8. The molecule has 4 aromatic rings. The second-order valence-electron chi connectivity index (χ2n) is 6.26. The zero-order valence-corrected chi connectivity index (χ0v) is 14.9. The molecule has 8 nitrogen and oxygen atoms in total. The Bertz CT molecular complexity index is 1290. The van der Waals surface area contributed by atoms with E-state index >= 15 is 0 Å². The van der Waals surface area contributed by atoms with Crippen LogP contribution in [0.15, 0.2) is 54.1 Å². The van der Waals surface area contributed by atoms with E-state index in [1.54, 1.807) is 31.3 Å². The molecule has 9 heteroatoms. The maximum Gasteiger partial charge on any atom is 0.263 e. The molecule has 0 fully saturated rings. The Morgan fingerprint density at radius 3 is 2.82 bits per heavy atom. The van der Waals surface area contributed by atoms with Crippen LogP contribution in [0.4, 0.5) is 10.2 Å². The number of carbonyl (C=O) groups excluding carboxylic acids is 1. The number of nitrogens with zero attached hydrogens (tertiary/aromatic N) is 5.